The highest BCUT2D eigenvalue weighted by atomic mass is 16.5. The van der Waals surface area contributed by atoms with Gasteiger partial charge in [0.1, 0.15) is 0 Å². The van der Waals surface area contributed by atoms with Gasteiger partial charge in [0.15, 0.2) is 0 Å². The molecule has 0 bridgehead atoms. The first-order valence-electron chi connectivity index (χ1n) is 5.80. The van der Waals surface area contributed by atoms with Gasteiger partial charge in [-0.3, -0.25) is 4.79 Å². The highest BCUT2D eigenvalue weighted by Gasteiger charge is 2.13. The van der Waals surface area contributed by atoms with Crippen molar-refractivity contribution in [2.75, 3.05) is 33.4 Å². The van der Waals surface area contributed by atoms with Crippen LogP contribution < -0.4 is 16.4 Å². The third-order valence-corrected chi connectivity index (χ3v) is 2.15. The number of ether oxygens (including phenoxy) is 1. The van der Waals surface area contributed by atoms with E-state index in [2.05, 4.69) is 24.5 Å². The summed E-state index contributed by atoms with van der Waals surface area (Å²) in [6, 6.07) is -0.390. The highest BCUT2D eigenvalue weighted by molar-refractivity contribution is 5.81. The second-order valence-electron chi connectivity index (χ2n) is 4.27. The number of hydrogen-bond donors (Lipinski definition) is 3. The van der Waals surface area contributed by atoms with Crippen molar-refractivity contribution in [2.24, 2.45) is 11.7 Å². The number of methoxy groups -OCH3 is 1. The van der Waals surface area contributed by atoms with Crippen LogP contribution in [0.2, 0.25) is 0 Å². The first kappa shape index (κ1) is 15.3. The van der Waals surface area contributed by atoms with Crippen LogP contribution in [0.1, 0.15) is 20.3 Å². The van der Waals surface area contributed by atoms with Gasteiger partial charge in [0.2, 0.25) is 5.91 Å². The van der Waals surface area contributed by atoms with Crippen LogP contribution in [0.25, 0.3) is 0 Å². The highest BCUT2D eigenvalue weighted by Crippen LogP contribution is 2.01. The Morgan fingerprint density at radius 1 is 1.31 bits per heavy atom. The summed E-state index contributed by atoms with van der Waals surface area (Å²) < 4.78 is 4.88. The number of nitrogens with two attached hydrogens (primary N) is 1. The third kappa shape index (κ3) is 8.64. The molecule has 96 valence electrons. The molecule has 0 aromatic heterocycles. The van der Waals surface area contributed by atoms with Crippen LogP contribution in [0.5, 0.6) is 0 Å². The van der Waals surface area contributed by atoms with Crippen LogP contribution in [0.4, 0.5) is 0 Å². The molecule has 0 heterocycles. The van der Waals surface area contributed by atoms with Gasteiger partial charge in [0.05, 0.1) is 12.6 Å². The van der Waals surface area contributed by atoms with Crippen molar-refractivity contribution in [1.82, 2.24) is 10.6 Å². The van der Waals surface area contributed by atoms with E-state index in [9.17, 15) is 4.79 Å². The Hall–Kier alpha value is -0.650. The second-order valence-corrected chi connectivity index (χ2v) is 4.27. The molecular formula is C11H25N3O2. The molecule has 0 fully saturated rings. The first-order valence-corrected chi connectivity index (χ1v) is 5.80. The predicted molar refractivity (Wildman–Crippen MR) is 65.2 cm³/mol. The zero-order valence-corrected chi connectivity index (χ0v) is 10.6. The fourth-order valence-electron chi connectivity index (χ4n) is 1.32. The Morgan fingerprint density at radius 2 is 2.00 bits per heavy atom. The Balaban J connectivity index is 3.42. The summed E-state index contributed by atoms with van der Waals surface area (Å²) in [6.45, 7) is 6.93. The Morgan fingerprint density at radius 3 is 2.56 bits per heavy atom. The van der Waals surface area contributed by atoms with E-state index in [1.807, 2.05) is 0 Å². The number of carbonyl (C=O) groups excluding carboxylic acids is 1. The van der Waals surface area contributed by atoms with E-state index >= 15 is 0 Å². The van der Waals surface area contributed by atoms with E-state index in [0.29, 0.717) is 19.1 Å². The summed E-state index contributed by atoms with van der Waals surface area (Å²) in [5, 5.41) is 5.94. The summed E-state index contributed by atoms with van der Waals surface area (Å²) in [5.74, 6) is 0.378. The molecular weight excluding hydrogens is 206 g/mol. The molecule has 4 N–H and O–H groups in total. The molecule has 5 nitrogen and oxygen atoms in total. The van der Waals surface area contributed by atoms with Crippen molar-refractivity contribution >= 4 is 5.91 Å². The lowest BCUT2D eigenvalue weighted by Crippen LogP contribution is -2.43. The van der Waals surface area contributed by atoms with Gasteiger partial charge in [-0.25, -0.2) is 0 Å². The Kier molecular flexibility index (Phi) is 9.18. The lowest BCUT2D eigenvalue weighted by atomic mass is 10.0. The minimum atomic E-state index is -0.390. The molecule has 0 radical (unpaired) electrons. The number of carbonyl (C=O) groups is 1. The van der Waals surface area contributed by atoms with E-state index in [0.717, 1.165) is 19.5 Å². The molecule has 5 heteroatoms. The van der Waals surface area contributed by atoms with Gasteiger partial charge in [0, 0.05) is 26.7 Å². The van der Waals surface area contributed by atoms with Gasteiger partial charge in [-0.05, 0) is 12.3 Å². The van der Waals surface area contributed by atoms with Crippen LogP contribution in [0.3, 0.4) is 0 Å². The SMILES string of the molecule is COCCNCCNC(=O)[C@@H](N)CC(C)C. The quantitative estimate of drug-likeness (QED) is 0.477. The van der Waals surface area contributed by atoms with Crippen molar-refractivity contribution < 1.29 is 9.53 Å². The molecule has 0 aromatic carbocycles. The molecule has 0 spiro atoms. The predicted octanol–water partition coefficient (Wildman–Crippen LogP) is -0.288. The van der Waals surface area contributed by atoms with Crippen LogP contribution in [0, 0.1) is 5.92 Å². The van der Waals surface area contributed by atoms with E-state index in [1.165, 1.54) is 0 Å². The summed E-state index contributed by atoms with van der Waals surface area (Å²) in [5.41, 5.74) is 5.73. The minimum absolute atomic E-state index is 0.0674. The number of nitrogens with one attached hydrogen (secondary N) is 2. The number of amides is 1. The molecule has 1 amide bonds. The molecule has 0 saturated carbocycles. The Bertz CT molecular complexity index is 186. The normalized spacial score (nSPS) is 12.8. The van der Waals surface area contributed by atoms with Crippen molar-refractivity contribution in [2.45, 2.75) is 26.3 Å². The molecule has 0 aliphatic carbocycles. The molecule has 0 aliphatic heterocycles. The molecule has 0 aliphatic rings. The third-order valence-electron chi connectivity index (χ3n) is 2.15. The van der Waals surface area contributed by atoms with Gasteiger partial charge in [0.25, 0.3) is 0 Å². The maximum absolute atomic E-state index is 11.5. The van der Waals surface area contributed by atoms with Crippen molar-refractivity contribution in [3.05, 3.63) is 0 Å². The average Bonchev–Trinajstić information content (AvgIpc) is 2.21. The summed E-state index contributed by atoms with van der Waals surface area (Å²) >= 11 is 0. The maximum atomic E-state index is 11.5. The zero-order valence-electron chi connectivity index (χ0n) is 10.6. The van der Waals surface area contributed by atoms with Gasteiger partial charge >= 0.3 is 0 Å². The molecule has 0 saturated heterocycles. The van der Waals surface area contributed by atoms with Crippen LogP contribution in [-0.4, -0.2) is 45.3 Å². The fourth-order valence-corrected chi connectivity index (χ4v) is 1.32. The standard InChI is InChI=1S/C11H25N3O2/c1-9(2)8-10(12)11(15)14-5-4-13-6-7-16-3/h9-10,13H,4-8,12H2,1-3H3,(H,14,15)/t10-/m0/s1. The van der Waals surface area contributed by atoms with E-state index in [-0.39, 0.29) is 11.9 Å². The summed E-state index contributed by atoms with van der Waals surface area (Å²) in [7, 11) is 1.66. The molecule has 0 rings (SSSR count). The van der Waals surface area contributed by atoms with Gasteiger partial charge in [-0.1, -0.05) is 13.8 Å². The molecule has 16 heavy (non-hydrogen) atoms. The van der Waals surface area contributed by atoms with E-state index in [1.54, 1.807) is 7.11 Å². The van der Waals surface area contributed by atoms with Crippen molar-refractivity contribution in [3.63, 3.8) is 0 Å². The van der Waals surface area contributed by atoms with E-state index in [4.69, 9.17) is 10.5 Å². The molecule has 0 aromatic rings. The van der Waals surface area contributed by atoms with Crippen molar-refractivity contribution in [3.8, 4) is 0 Å². The maximum Gasteiger partial charge on any atom is 0.236 e. The summed E-state index contributed by atoms with van der Waals surface area (Å²) in [6.07, 6.45) is 0.725. The van der Waals surface area contributed by atoms with Gasteiger partial charge in [-0.15, -0.1) is 0 Å². The smallest absolute Gasteiger partial charge is 0.236 e. The van der Waals surface area contributed by atoms with Crippen LogP contribution in [0.15, 0.2) is 0 Å². The van der Waals surface area contributed by atoms with Crippen molar-refractivity contribution in [1.29, 1.82) is 0 Å². The minimum Gasteiger partial charge on any atom is -0.383 e. The first-order chi connectivity index (χ1) is 7.57. The van der Waals surface area contributed by atoms with E-state index < -0.39 is 0 Å². The number of rotatable bonds is 9. The van der Waals surface area contributed by atoms with Gasteiger partial charge in [-0.2, -0.15) is 0 Å². The lowest BCUT2D eigenvalue weighted by Gasteiger charge is -2.14. The molecule has 1 atom stereocenters. The monoisotopic (exact) mass is 231 g/mol. The Labute approximate surface area is 98.1 Å². The zero-order chi connectivity index (χ0) is 12.4. The number of hydrogen-bond acceptors (Lipinski definition) is 4. The second kappa shape index (κ2) is 9.57. The largest absolute Gasteiger partial charge is 0.383 e. The van der Waals surface area contributed by atoms with Gasteiger partial charge < -0.3 is 21.1 Å². The lowest BCUT2D eigenvalue weighted by molar-refractivity contribution is -0.122. The average molecular weight is 231 g/mol. The van der Waals surface area contributed by atoms with Crippen LogP contribution in [-0.2, 0) is 9.53 Å². The van der Waals surface area contributed by atoms with Crippen LogP contribution >= 0.6 is 0 Å². The fraction of sp³-hybridized carbons (Fsp3) is 0.909. The summed E-state index contributed by atoms with van der Waals surface area (Å²) in [4.78, 5) is 11.5. The molecule has 0 unspecified atom stereocenters. The topological polar surface area (TPSA) is 76.4 Å².